The summed E-state index contributed by atoms with van der Waals surface area (Å²) in [5.74, 6) is -1.33. The number of aromatic amines is 1. The number of amides is 1. The van der Waals surface area contributed by atoms with Crippen LogP contribution in [0.2, 0.25) is 0 Å². The Hall–Kier alpha value is -3.18. The van der Waals surface area contributed by atoms with Crippen molar-refractivity contribution in [3.05, 3.63) is 62.4 Å². The number of carbonyl (C=O) groups excluding carboxylic acids is 2. The molecule has 9 nitrogen and oxygen atoms in total. The summed E-state index contributed by atoms with van der Waals surface area (Å²) in [5, 5.41) is 13.2. The van der Waals surface area contributed by atoms with Gasteiger partial charge in [0.05, 0.1) is 23.6 Å². The van der Waals surface area contributed by atoms with Gasteiger partial charge in [-0.2, -0.15) is 4.98 Å². The number of thiazole rings is 1. The third kappa shape index (κ3) is 5.92. The average Bonchev–Trinajstić information content (AvgIpc) is 3.10. The Morgan fingerprint density at radius 1 is 1.26 bits per heavy atom. The summed E-state index contributed by atoms with van der Waals surface area (Å²) in [6, 6.07) is 9.24. The van der Waals surface area contributed by atoms with Crippen LogP contribution in [0.4, 0.5) is 5.13 Å². The molecule has 0 aliphatic rings. The van der Waals surface area contributed by atoms with E-state index in [0.717, 1.165) is 28.7 Å². The van der Waals surface area contributed by atoms with E-state index in [0.29, 0.717) is 10.6 Å². The van der Waals surface area contributed by atoms with E-state index >= 15 is 0 Å². The number of esters is 1. The van der Waals surface area contributed by atoms with Crippen LogP contribution in [0.3, 0.4) is 0 Å². The van der Waals surface area contributed by atoms with Gasteiger partial charge in [-0.25, -0.2) is 9.78 Å². The van der Waals surface area contributed by atoms with Crippen molar-refractivity contribution in [1.82, 2.24) is 15.0 Å². The second-order valence-corrected chi connectivity index (χ2v) is 8.29. The van der Waals surface area contributed by atoms with Crippen LogP contribution in [0.15, 0.2) is 40.3 Å². The molecule has 162 valence electrons. The largest absolute Gasteiger partial charge is 0.493 e. The molecule has 0 bridgehead atoms. The number of nitrogens with one attached hydrogen (secondary N) is 2. The van der Waals surface area contributed by atoms with Gasteiger partial charge >= 0.3 is 5.97 Å². The van der Waals surface area contributed by atoms with E-state index in [1.165, 1.54) is 0 Å². The number of hydrogen-bond donors (Lipinski definition) is 3. The normalized spacial score (nSPS) is 10.6. The number of nitrogens with zero attached hydrogens (tertiary/aromatic N) is 2. The zero-order valence-corrected chi connectivity index (χ0v) is 18.4. The van der Waals surface area contributed by atoms with E-state index in [1.807, 2.05) is 30.3 Å². The van der Waals surface area contributed by atoms with E-state index in [-0.39, 0.29) is 40.5 Å². The maximum atomic E-state index is 12.3. The Bertz CT molecular complexity index is 1140. The van der Waals surface area contributed by atoms with Crippen molar-refractivity contribution in [2.24, 2.45) is 0 Å². The van der Waals surface area contributed by atoms with E-state index in [2.05, 4.69) is 20.3 Å². The predicted octanol–water partition coefficient (Wildman–Crippen LogP) is 2.74. The van der Waals surface area contributed by atoms with Gasteiger partial charge in [-0.05, 0) is 19.4 Å². The first kappa shape index (κ1) is 22.5. The Morgan fingerprint density at radius 2 is 2.00 bits per heavy atom. The number of aromatic nitrogens is 3. The van der Waals surface area contributed by atoms with Crippen molar-refractivity contribution in [1.29, 1.82) is 0 Å². The number of anilines is 1. The van der Waals surface area contributed by atoms with Crippen LogP contribution >= 0.6 is 23.1 Å². The highest BCUT2D eigenvalue weighted by atomic mass is 32.2. The smallest absolute Gasteiger partial charge is 0.350 e. The average molecular weight is 461 g/mol. The molecule has 0 saturated heterocycles. The van der Waals surface area contributed by atoms with Crippen LogP contribution in [0, 0.1) is 6.92 Å². The number of aryl methyl sites for hydroxylation is 1. The third-order valence-electron chi connectivity index (χ3n) is 4.04. The van der Waals surface area contributed by atoms with Gasteiger partial charge in [-0.3, -0.25) is 9.59 Å². The zero-order chi connectivity index (χ0) is 22.4. The number of thioether (sulfide) groups is 1. The van der Waals surface area contributed by atoms with Crippen molar-refractivity contribution in [3.63, 3.8) is 0 Å². The number of benzene rings is 1. The molecule has 0 radical (unpaired) electrons. The molecule has 0 atom stereocenters. The highest BCUT2D eigenvalue weighted by Crippen LogP contribution is 2.24. The van der Waals surface area contributed by atoms with Gasteiger partial charge in [0.25, 0.3) is 5.56 Å². The first-order chi connectivity index (χ1) is 14.9. The number of aromatic hydroxyl groups is 1. The molecule has 3 aromatic rings. The molecule has 31 heavy (non-hydrogen) atoms. The Labute approximate surface area is 185 Å². The summed E-state index contributed by atoms with van der Waals surface area (Å²) in [5.41, 5.74) is 1.03. The van der Waals surface area contributed by atoms with Crippen molar-refractivity contribution in [2.45, 2.75) is 25.4 Å². The molecule has 1 aromatic carbocycles. The van der Waals surface area contributed by atoms with Crippen LogP contribution < -0.4 is 10.9 Å². The van der Waals surface area contributed by atoms with Gasteiger partial charge < -0.3 is 20.1 Å². The molecule has 2 heterocycles. The summed E-state index contributed by atoms with van der Waals surface area (Å²) in [7, 11) is 0. The SMILES string of the molecule is CCOC(=O)c1sc(NC(=O)CSc2nc(O)c(Cc3ccccc3)c(=O)[nH]2)nc1C. The second kappa shape index (κ2) is 10.2. The third-order valence-corrected chi connectivity index (χ3v) is 5.97. The summed E-state index contributed by atoms with van der Waals surface area (Å²) in [6.45, 7) is 3.61. The molecule has 11 heteroatoms. The van der Waals surface area contributed by atoms with Crippen LogP contribution in [-0.2, 0) is 16.0 Å². The fourth-order valence-electron chi connectivity index (χ4n) is 2.62. The Morgan fingerprint density at radius 3 is 2.68 bits per heavy atom. The summed E-state index contributed by atoms with van der Waals surface area (Å²) in [6.07, 6.45) is 0.243. The molecular formula is C20H20N4O5S2. The van der Waals surface area contributed by atoms with Gasteiger partial charge in [0.1, 0.15) is 4.88 Å². The number of carbonyl (C=O) groups is 2. The predicted molar refractivity (Wildman–Crippen MR) is 118 cm³/mol. The van der Waals surface area contributed by atoms with Crippen LogP contribution in [-0.4, -0.2) is 44.3 Å². The Kier molecular flexibility index (Phi) is 7.42. The zero-order valence-electron chi connectivity index (χ0n) is 16.8. The van der Waals surface area contributed by atoms with Crippen molar-refractivity contribution in [3.8, 4) is 5.88 Å². The monoisotopic (exact) mass is 460 g/mol. The van der Waals surface area contributed by atoms with E-state index in [1.54, 1.807) is 13.8 Å². The lowest BCUT2D eigenvalue weighted by atomic mass is 10.1. The van der Waals surface area contributed by atoms with Crippen molar-refractivity contribution in [2.75, 3.05) is 17.7 Å². The molecule has 0 saturated carbocycles. The van der Waals surface area contributed by atoms with Gasteiger partial charge in [0, 0.05) is 6.42 Å². The maximum absolute atomic E-state index is 12.3. The topological polar surface area (TPSA) is 134 Å². The van der Waals surface area contributed by atoms with E-state index in [9.17, 15) is 19.5 Å². The quantitative estimate of drug-likeness (QED) is 0.265. The van der Waals surface area contributed by atoms with Gasteiger partial charge in [-0.1, -0.05) is 53.4 Å². The molecule has 0 aliphatic heterocycles. The molecule has 0 aliphatic carbocycles. The lowest BCUT2D eigenvalue weighted by Gasteiger charge is -2.06. The fourth-order valence-corrected chi connectivity index (χ4v) is 4.15. The standard InChI is InChI=1S/C20H20N4O5S2/c1-3-29-18(28)15-11(2)21-20(31-15)22-14(25)10-30-19-23-16(26)13(17(27)24-19)9-12-7-5-4-6-8-12/h4-8H,3,9-10H2,1-2H3,(H,21,22,25)(H2,23,24,26,27). The van der Waals surface area contributed by atoms with Crippen LogP contribution in [0.25, 0.3) is 0 Å². The fraction of sp³-hybridized carbons (Fsp3) is 0.250. The van der Waals surface area contributed by atoms with Crippen LogP contribution in [0.5, 0.6) is 5.88 Å². The number of ether oxygens (including phenoxy) is 1. The highest BCUT2D eigenvalue weighted by Gasteiger charge is 2.18. The molecule has 2 aromatic heterocycles. The van der Waals surface area contributed by atoms with E-state index < -0.39 is 17.4 Å². The molecule has 1 amide bonds. The number of H-pyrrole nitrogens is 1. The molecule has 3 N–H and O–H groups in total. The second-order valence-electron chi connectivity index (χ2n) is 6.33. The molecule has 3 rings (SSSR count). The maximum Gasteiger partial charge on any atom is 0.350 e. The van der Waals surface area contributed by atoms with Gasteiger partial charge in [0.2, 0.25) is 11.8 Å². The lowest BCUT2D eigenvalue weighted by molar-refractivity contribution is -0.113. The minimum atomic E-state index is -0.486. The van der Waals surface area contributed by atoms with Gasteiger partial charge in [0.15, 0.2) is 10.3 Å². The molecular weight excluding hydrogens is 440 g/mol. The van der Waals surface area contributed by atoms with Crippen molar-refractivity contribution < 1.29 is 19.4 Å². The molecule has 0 unspecified atom stereocenters. The Balaban J connectivity index is 1.61. The van der Waals surface area contributed by atoms with Gasteiger partial charge in [-0.15, -0.1) is 0 Å². The summed E-state index contributed by atoms with van der Waals surface area (Å²) < 4.78 is 4.95. The van der Waals surface area contributed by atoms with Crippen LogP contribution in [0.1, 0.15) is 33.4 Å². The number of hydrogen-bond acceptors (Lipinski definition) is 9. The van der Waals surface area contributed by atoms with Crippen molar-refractivity contribution >= 4 is 40.1 Å². The summed E-state index contributed by atoms with van der Waals surface area (Å²) >= 11 is 1.99. The minimum Gasteiger partial charge on any atom is -0.493 e. The first-order valence-electron chi connectivity index (χ1n) is 9.30. The summed E-state index contributed by atoms with van der Waals surface area (Å²) in [4.78, 5) is 47.4. The molecule has 0 spiro atoms. The first-order valence-corrected chi connectivity index (χ1v) is 11.1. The lowest BCUT2D eigenvalue weighted by Crippen LogP contribution is -2.17. The highest BCUT2D eigenvalue weighted by molar-refractivity contribution is 7.99. The number of rotatable bonds is 8. The molecule has 0 fully saturated rings. The van der Waals surface area contributed by atoms with E-state index in [4.69, 9.17) is 4.74 Å². The minimum absolute atomic E-state index is 0.0756.